The van der Waals surface area contributed by atoms with Crippen molar-refractivity contribution < 1.29 is 33.0 Å². The molecule has 7 heterocycles. The van der Waals surface area contributed by atoms with E-state index in [9.17, 15) is 19.2 Å². The first-order valence-corrected chi connectivity index (χ1v) is 22.2. The number of aromatic nitrogens is 3. The van der Waals surface area contributed by atoms with Gasteiger partial charge in [-0.3, -0.25) is 29.5 Å². The van der Waals surface area contributed by atoms with Crippen molar-refractivity contribution >= 4 is 52.5 Å². The van der Waals surface area contributed by atoms with Crippen LogP contribution in [-0.2, 0) is 44.9 Å². The number of anilines is 5. The quantitative estimate of drug-likeness (QED) is 0.218. The molecule has 3 fully saturated rings. The summed E-state index contributed by atoms with van der Waals surface area (Å²) >= 11 is 0. The third kappa shape index (κ3) is 9.30. The Morgan fingerprint density at radius 1 is 0.953 bits per heavy atom. The van der Waals surface area contributed by atoms with E-state index in [1.165, 1.54) is 6.07 Å². The van der Waals surface area contributed by atoms with Crippen molar-refractivity contribution in [3.8, 4) is 5.88 Å². The second kappa shape index (κ2) is 17.7. The average Bonchev–Trinajstić information content (AvgIpc) is 3.25. The number of piperidine rings is 1. The molecule has 0 bridgehead atoms. The van der Waals surface area contributed by atoms with Crippen LogP contribution < -0.4 is 30.1 Å². The third-order valence-corrected chi connectivity index (χ3v) is 12.8. The Kier molecular flexibility index (Phi) is 11.8. The zero-order valence-electron chi connectivity index (χ0n) is 36.9. The lowest BCUT2D eigenvalue weighted by Crippen LogP contribution is -2.63. The first-order chi connectivity index (χ1) is 30.7. The number of nitrogens with one attached hydrogen (secondary N) is 2. The number of imide groups is 1. The molecule has 2 N–H and O–H groups in total. The van der Waals surface area contributed by atoms with Crippen LogP contribution in [0.25, 0.3) is 0 Å². The molecular weight excluding hydrogens is 820 g/mol. The molecule has 17 heteroatoms. The lowest BCUT2D eigenvalue weighted by atomic mass is 9.91. The highest BCUT2D eigenvalue weighted by Gasteiger charge is 2.36. The van der Waals surface area contributed by atoms with Crippen molar-refractivity contribution in [1.82, 2.24) is 30.1 Å². The van der Waals surface area contributed by atoms with Crippen LogP contribution in [0.2, 0.25) is 0 Å². The van der Waals surface area contributed by atoms with E-state index in [4.69, 9.17) is 14.5 Å². The van der Waals surface area contributed by atoms with Crippen LogP contribution in [0.4, 0.5) is 37.9 Å². The molecule has 0 spiro atoms. The van der Waals surface area contributed by atoms with Gasteiger partial charge in [0.2, 0.25) is 29.5 Å². The van der Waals surface area contributed by atoms with Gasteiger partial charge in [0.25, 0.3) is 0 Å². The summed E-state index contributed by atoms with van der Waals surface area (Å²) in [5.74, 6) is -0.375. The molecule has 4 amide bonds. The number of hydrogen-bond donors (Lipinski definition) is 2. The van der Waals surface area contributed by atoms with Gasteiger partial charge in [0.05, 0.1) is 37.1 Å². The van der Waals surface area contributed by atoms with E-state index in [-0.39, 0.29) is 30.1 Å². The maximum atomic E-state index is 15.5. The standard InChI is InChI=1S/C47H55FN10O6/c1-29-39(25-49-44-42(29)58(19-20-63-44)46(62)64-47(2,3)4)56-14-13-33-24-50-45(52-38(33)28-56)51-34-9-7-31(37(48)23-34)22-41(60)55-17-15-54(16-18-55)36-26-57(27-36)35-10-5-30(6-11-35)21-32-8-12-40(59)53-43(32)61/h5-7,9-11,23-25,32,36H,8,12-22,26-28H2,1-4H3,(H,50,51,52)(H,53,59,61). The van der Waals surface area contributed by atoms with Gasteiger partial charge in [-0.2, -0.15) is 0 Å². The summed E-state index contributed by atoms with van der Waals surface area (Å²) in [4.78, 5) is 74.5. The first-order valence-electron chi connectivity index (χ1n) is 22.2. The number of carbonyl (C=O) groups is 4. The fourth-order valence-corrected chi connectivity index (χ4v) is 9.18. The van der Waals surface area contributed by atoms with Gasteiger partial charge in [-0.1, -0.05) is 18.2 Å². The van der Waals surface area contributed by atoms with Gasteiger partial charge < -0.3 is 29.5 Å². The summed E-state index contributed by atoms with van der Waals surface area (Å²) < 4.78 is 27.0. The van der Waals surface area contributed by atoms with E-state index in [1.807, 2.05) is 32.6 Å². The Balaban J connectivity index is 0.751. The number of rotatable bonds is 9. The highest BCUT2D eigenvalue weighted by Crippen LogP contribution is 2.40. The second-order valence-electron chi connectivity index (χ2n) is 18.3. The number of fused-ring (bicyclic) bond motifs is 2. The van der Waals surface area contributed by atoms with E-state index >= 15 is 4.39 Å². The minimum absolute atomic E-state index is 0.0212. The van der Waals surface area contributed by atoms with Gasteiger partial charge >= 0.3 is 6.09 Å². The highest BCUT2D eigenvalue weighted by molar-refractivity contribution is 5.98. The number of pyridine rings is 1. The molecule has 2 aromatic carbocycles. The van der Waals surface area contributed by atoms with Gasteiger partial charge in [0, 0.05) is 87.3 Å². The Labute approximate surface area is 372 Å². The second-order valence-corrected chi connectivity index (χ2v) is 18.3. The maximum absolute atomic E-state index is 15.5. The number of piperazine rings is 1. The molecule has 5 aliphatic rings. The van der Waals surface area contributed by atoms with Crippen molar-refractivity contribution in [3.63, 3.8) is 0 Å². The molecule has 9 rings (SSSR count). The summed E-state index contributed by atoms with van der Waals surface area (Å²) in [6.45, 7) is 13.9. The molecule has 4 aromatic rings. The molecule has 1 unspecified atom stereocenters. The van der Waals surface area contributed by atoms with E-state index < -0.39 is 17.5 Å². The Hall–Kier alpha value is -6.36. The number of amides is 4. The predicted molar refractivity (Wildman–Crippen MR) is 238 cm³/mol. The lowest BCUT2D eigenvalue weighted by Gasteiger charge is -2.49. The van der Waals surface area contributed by atoms with Gasteiger partial charge in [0.1, 0.15) is 23.7 Å². The Morgan fingerprint density at radius 2 is 1.73 bits per heavy atom. The predicted octanol–water partition coefficient (Wildman–Crippen LogP) is 4.93. The van der Waals surface area contributed by atoms with Crippen LogP contribution in [0.3, 0.4) is 0 Å². The first kappa shape index (κ1) is 42.9. The topological polar surface area (TPSA) is 166 Å². The Bertz CT molecular complexity index is 2450. The molecule has 3 saturated heterocycles. The summed E-state index contributed by atoms with van der Waals surface area (Å²) in [5, 5.41) is 5.59. The van der Waals surface area contributed by atoms with Crippen molar-refractivity contribution in [3.05, 3.63) is 88.6 Å². The summed E-state index contributed by atoms with van der Waals surface area (Å²) in [5.41, 5.74) is 6.56. The van der Waals surface area contributed by atoms with Crippen LogP contribution >= 0.6 is 0 Å². The van der Waals surface area contributed by atoms with Crippen molar-refractivity contribution in [2.45, 2.75) is 78.0 Å². The molecule has 64 heavy (non-hydrogen) atoms. The molecule has 0 radical (unpaired) electrons. The number of ether oxygens (including phenoxy) is 2. The molecule has 1 atom stereocenters. The molecule has 0 saturated carbocycles. The molecule has 0 aliphatic carbocycles. The van der Waals surface area contributed by atoms with Crippen molar-refractivity contribution in [2.24, 2.45) is 5.92 Å². The zero-order chi connectivity index (χ0) is 44.7. The van der Waals surface area contributed by atoms with Crippen LogP contribution in [0.15, 0.2) is 54.9 Å². The Morgan fingerprint density at radius 3 is 2.47 bits per heavy atom. The van der Waals surface area contributed by atoms with Crippen molar-refractivity contribution in [2.75, 3.05) is 79.0 Å². The lowest BCUT2D eigenvalue weighted by molar-refractivity contribution is -0.136. The minimum Gasteiger partial charge on any atom is -0.474 e. The fraction of sp³-hybridized carbons (Fsp3) is 0.468. The number of hydrogen-bond acceptors (Lipinski definition) is 13. The monoisotopic (exact) mass is 874 g/mol. The largest absolute Gasteiger partial charge is 0.474 e. The van der Waals surface area contributed by atoms with Crippen molar-refractivity contribution in [1.29, 1.82) is 0 Å². The summed E-state index contributed by atoms with van der Waals surface area (Å²) in [6.07, 6.45) is 5.42. The average molecular weight is 875 g/mol. The van der Waals surface area contributed by atoms with Gasteiger partial charge in [-0.15, -0.1) is 0 Å². The van der Waals surface area contributed by atoms with E-state index in [0.29, 0.717) is 99.8 Å². The molecule has 5 aliphatic heterocycles. The molecular formula is C47H55FN10O6. The van der Waals surface area contributed by atoms with Crippen LogP contribution in [0.5, 0.6) is 5.88 Å². The van der Waals surface area contributed by atoms with Crippen LogP contribution in [0, 0.1) is 18.7 Å². The zero-order valence-corrected chi connectivity index (χ0v) is 36.9. The van der Waals surface area contributed by atoms with Gasteiger partial charge in [-0.05, 0) is 87.9 Å². The number of benzene rings is 2. The molecule has 16 nitrogen and oxygen atoms in total. The van der Waals surface area contributed by atoms with E-state index in [0.717, 1.165) is 59.9 Å². The maximum Gasteiger partial charge on any atom is 0.415 e. The molecule has 336 valence electrons. The smallest absolute Gasteiger partial charge is 0.415 e. The van der Waals surface area contributed by atoms with Gasteiger partial charge in [-0.25, -0.2) is 24.1 Å². The van der Waals surface area contributed by atoms with Gasteiger partial charge in [0.15, 0.2) is 0 Å². The van der Waals surface area contributed by atoms with Crippen LogP contribution in [-0.4, -0.2) is 119 Å². The molecule has 2 aromatic heterocycles. The third-order valence-electron chi connectivity index (χ3n) is 12.8. The fourth-order valence-electron chi connectivity index (χ4n) is 9.18. The summed E-state index contributed by atoms with van der Waals surface area (Å²) in [7, 11) is 0. The van der Waals surface area contributed by atoms with E-state index in [1.54, 1.807) is 29.4 Å². The summed E-state index contributed by atoms with van der Waals surface area (Å²) in [6, 6.07) is 13.5. The highest BCUT2D eigenvalue weighted by atomic mass is 19.1. The normalized spacial score (nSPS) is 19.3. The number of nitrogens with zero attached hydrogens (tertiary/aromatic N) is 8. The van der Waals surface area contributed by atoms with Crippen LogP contribution in [0.1, 0.15) is 61.6 Å². The SMILES string of the molecule is Cc1c(N2CCc3cnc(Nc4ccc(CC(=O)N5CCN(C6CN(c7ccc(CC8CCC(=O)NC8=O)cc7)C6)CC5)c(F)c4)nc3C2)cnc2c1N(C(=O)OC(C)(C)C)CCO2. The number of carbonyl (C=O) groups excluding carboxylic acids is 4. The van der Waals surface area contributed by atoms with E-state index in [2.05, 4.69) is 59.6 Å². The number of halogens is 1. The minimum atomic E-state index is -0.648.